The van der Waals surface area contributed by atoms with Gasteiger partial charge in [-0.3, -0.25) is 5.41 Å². The highest BCUT2D eigenvalue weighted by Gasteiger charge is 2.61. The van der Waals surface area contributed by atoms with Crippen LogP contribution in [0.15, 0.2) is 57.4 Å². The smallest absolute Gasteiger partial charge is 0.224 e. The van der Waals surface area contributed by atoms with E-state index in [-0.39, 0.29) is 17.8 Å². The second-order valence-electron chi connectivity index (χ2n) is 8.24. The highest BCUT2D eigenvalue weighted by molar-refractivity contribution is 9.10. The molecule has 7 heteroatoms. The number of para-hydroxylation sites is 2. The topological polar surface area (TPSA) is 76.9 Å². The first-order chi connectivity index (χ1) is 15.1. The van der Waals surface area contributed by atoms with Crippen molar-refractivity contribution < 1.29 is 4.42 Å². The zero-order valence-electron chi connectivity index (χ0n) is 16.8. The first-order valence-corrected chi connectivity index (χ1v) is 11.7. The molecule has 1 saturated carbocycles. The summed E-state index contributed by atoms with van der Waals surface area (Å²) in [6.45, 7) is 0. The molecule has 1 aliphatic carbocycles. The van der Waals surface area contributed by atoms with E-state index in [1.165, 1.54) is 6.42 Å². The van der Waals surface area contributed by atoms with Crippen molar-refractivity contribution in [3.05, 3.63) is 64.5 Å². The molecule has 31 heavy (non-hydrogen) atoms. The van der Waals surface area contributed by atoms with E-state index in [9.17, 15) is 10.7 Å². The lowest BCUT2D eigenvalue weighted by atomic mass is 9.74. The van der Waals surface area contributed by atoms with Crippen molar-refractivity contribution in [1.82, 2.24) is 9.88 Å². The monoisotopic (exact) mass is 492 g/mol. The summed E-state index contributed by atoms with van der Waals surface area (Å²) in [6, 6.07) is 17.9. The number of oxazole rings is 1. The number of amidine groups is 1. The maximum Gasteiger partial charge on any atom is 0.224 e. The number of nitriles is 1. The van der Waals surface area contributed by atoms with Crippen molar-refractivity contribution in [1.29, 1.82) is 10.7 Å². The Morgan fingerprint density at radius 2 is 1.94 bits per heavy atom. The molecule has 0 bridgehead atoms. The van der Waals surface area contributed by atoms with Crippen LogP contribution < -0.4 is 0 Å². The largest absolute Gasteiger partial charge is 0.438 e. The van der Waals surface area contributed by atoms with Crippen molar-refractivity contribution in [3.63, 3.8) is 0 Å². The molecule has 0 amide bonds. The summed E-state index contributed by atoms with van der Waals surface area (Å²) in [6.07, 6.45) is 5.38. The number of hydrogen-bond acceptors (Lipinski definition) is 5. The van der Waals surface area contributed by atoms with E-state index in [1.807, 2.05) is 53.4 Å². The van der Waals surface area contributed by atoms with Crippen molar-refractivity contribution >= 4 is 50.1 Å². The molecule has 1 N–H and O–H groups in total. The molecule has 2 aromatic carbocycles. The number of likely N-dealkylation sites (tertiary alicyclic amines) is 1. The second kappa shape index (κ2) is 7.85. The summed E-state index contributed by atoms with van der Waals surface area (Å²) in [4.78, 5) is 7.21. The molecule has 1 aliphatic heterocycles. The van der Waals surface area contributed by atoms with E-state index in [2.05, 4.69) is 27.0 Å². The first-order valence-electron chi connectivity index (χ1n) is 10.5. The van der Waals surface area contributed by atoms with Crippen LogP contribution in [0.3, 0.4) is 0 Å². The van der Waals surface area contributed by atoms with Crippen LogP contribution in [0.2, 0.25) is 0 Å². The molecule has 0 radical (unpaired) electrons. The average molecular weight is 493 g/mol. The lowest BCUT2D eigenvalue weighted by molar-refractivity contribution is 0.321. The molecule has 0 unspecified atom stereocenters. The Balaban J connectivity index is 1.73. The van der Waals surface area contributed by atoms with Gasteiger partial charge in [0.1, 0.15) is 11.4 Å². The van der Waals surface area contributed by atoms with Crippen molar-refractivity contribution in [2.24, 2.45) is 0 Å². The highest BCUT2D eigenvalue weighted by Crippen LogP contribution is 2.50. The van der Waals surface area contributed by atoms with E-state index in [1.54, 1.807) is 0 Å². The molecule has 1 saturated heterocycles. The molecule has 2 aliphatic rings. The number of hydrogen-bond donors (Lipinski definition) is 1. The molecule has 1 aromatic heterocycles. The van der Waals surface area contributed by atoms with Crippen LogP contribution in [0.25, 0.3) is 11.1 Å². The lowest BCUT2D eigenvalue weighted by Gasteiger charge is -2.33. The van der Waals surface area contributed by atoms with Crippen LogP contribution in [0.1, 0.15) is 49.5 Å². The van der Waals surface area contributed by atoms with Gasteiger partial charge < -0.3 is 9.32 Å². The maximum atomic E-state index is 10.6. The van der Waals surface area contributed by atoms with Crippen LogP contribution >= 0.6 is 28.1 Å². The fraction of sp³-hybridized carbons (Fsp3) is 0.333. The van der Waals surface area contributed by atoms with Gasteiger partial charge in [0.05, 0.1) is 17.0 Å². The fourth-order valence-corrected chi connectivity index (χ4v) is 5.94. The van der Waals surface area contributed by atoms with E-state index >= 15 is 0 Å². The Bertz CT molecular complexity index is 1190. The van der Waals surface area contributed by atoms with E-state index in [4.69, 9.17) is 16.6 Å². The third kappa shape index (κ3) is 3.12. The summed E-state index contributed by atoms with van der Waals surface area (Å²) in [5.41, 5.74) is 0.755. The maximum absolute atomic E-state index is 10.6. The van der Waals surface area contributed by atoms with Gasteiger partial charge >= 0.3 is 0 Å². The molecule has 5 nitrogen and oxygen atoms in total. The van der Waals surface area contributed by atoms with Crippen molar-refractivity contribution in [3.8, 4) is 6.07 Å². The Labute approximate surface area is 194 Å². The SMILES string of the molecule is N#C[C@]1(c2nc3ccccc3o2)C(=N)N(C2CCCCC2)C(=S)[C@@H]1c1cccc(Br)c1. The Morgan fingerprint density at radius 3 is 2.65 bits per heavy atom. The minimum atomic E-state index is -1.41. The number of nitrogens with zero attached hydrogens (tertiary/aromatic N) is 3. The molecule has 0 spiro atoms. The Hall–Kier alpha value is -2.56. The van der Waals surface area contributed by atoms with E-state index in [0.29, 0.717) is 16.1 Å². The Kier molecular flexibility index (Phi) is 5.15. The third-order valence-electron chi connectivity index (χ3n) is 6.46. The third-order valence-corrected chi connectivity index (χ3v) is 7.39. The number of fused-ring (bicyclic) bond motifs is 1. The number of thiocarbonyl (C=S) groups is 1. The number of halogens is 1. The predicted octanol–water partition coefficient (Wildman–Crippen LogP) is 6.09. The molecular formula is C24H21BrN4OS. The molecule has 2 fully saturated rings. The van der Waals surface area contributed by atoms with Crippen molar-refractivity contribution in [2.75, 3.05) is 0 Å². The minimum Gasteiger partial charge on any atom is -0.438 e. The van der Waals surface area contributed by atoms with Gasteiger partial charge in [-0.05, 0) is 42.7 Å². The number of rotatable bonds is 3. The standard InChI is InChI=1S/C24H21BrN4OS/c25-16-8-6-7-15(13-16)20-21(31)29(17-9-2-1-3-10-17)22(27)24(20,14-26)23-28-18-11-4-5-12-19(18)30-23/h4-8,11-13,17,20,27H,1-3,9-10H2/t20-,24+/m0/s1. The molecular weight excluding hydrogens is 472 g/mol. The van der Waals surface area contributed by atoms with Gasteiger partial charge in [0, 0.05) is 10.5 Å². The van der Waals surface area contributed by atoms with E-state index < -0.39 is 11.3 Å². The van der Waals surface area contributed by atoms with Gasteiger partial charge in [-0.25, -0.2) is 4.98 Å². The van der Waals surface area contributed by atoms with Crippen LogP contribution in [0, 0.1) is 16.7 Å². The van der Waals surface area contributed by atoms with Gasteiger partial charge in [-0.1, -0.05) is 71.7 Å². The molecule has 156 valence electrons. The molecule has 5 rings (SSSR count). The molecule has 2 atom stereocenters. The summed E-state index contributed by atoms with van der Waals surface area (Å²) in [5, 5.41) is 19.8. The number of nitrogens with one attached hydrogen (secondary N) is 1. The zero-order chi connectivity index (χ0) is 21.6. The number of aromatic nitrogens is 1. The van der Waals surface area contributed by atoms with Gasteiger partial charge in [0.2, 0.25) is 11.3 Å². The summed E-state index contributed by atoms with van der Waals surface area (Å²) in [5.74, 6) is -0.0947. The molecule has 3 aromatic rings. The van der Waals surface area contributed by atoms with Gasteiger partial charge in [0.15, 0.2) is 5.58 Å². The normalized spacial score (nSPS) is 24.6. The van der Waals surface area contributed by atoms with Crippen molar-refractivity contribution in [2.45, 2.75) is 49.5 Å². The van der Waals surface area contributed by atoms with Gasteiger partial charge in [-0.2, -0.15) is 5.26 Å². The highest BCUT2D eigenvalue weighted by atomic mass is 79.9. The minimum absolute atomic E-state index is 0.142. The zero-order valence-corrected chi connectivity index (χ0v) is 19.2. The predicted molar refractivity (Wildman–Crippen MR) is 127 cm³/mol. The second-order valence-corrected chi connectivity index (χ2v) is 9.58. The van der Waals surface area contributed by atoms with Gasteiger partial charge in [0.25, 0.3) is 0 Å². The van der Waals surface area contributed by atoms with Gasteiger partial charge in [-0.15, -0.1) is 0 Å². The van der Waals surface area contributed by atoms with Crippen LogP contribution in [0.5, 0.6) is 0 Å². The average Bonchev–Trinajstić information content (AvgIpc) is 3.31. The summed E-state index contributed by atoms with van der Waals surface area (Å²) >= 11 is 9.54. The van der Waals surface area contributed by atoms with Crippen LogP contribution in [-0.2, 0) is 5.41 Å². The summed E-state index contributed by atoms with van der Waals surface area (Å²) in [7, 11) is 0. The lowest BCUT2D eigenvalue weighted by Crippen LogP contribution is -2.44. The quantitative estimate of drug-likeness (QED) is 0.447. The van der Waals surface area contributed by atoms with E-state index in [0.717, 1.165) is 35.7 Å². The summed E-state index contributed by atoms with van der Waals surface area (Å²) < 4.78 is 7.01. The van der Waals surface area contributed by atoms with Crippen LogP contribution in [0.4, 0.5) is 0 Å². The fourth-order valence-electron chi connectivity index (χ4n) is 4.97. The Morgan fingerprint density at radius 1 is 1.16 bits per heavy atom. The molecule has 2 heterocycles. The first kappa shape index (κ1) is 20.3. The number of benzene rings is 2. The van der Waals surface area contributed by atoms with Crippen LogP contribution in [-0.4, -0.2) is 26.7 Å².